The van der Waals surface area contributed by atoms with Crippen LogP contribution >= 0.6 is 23.2 Å². The van der Waals surface area contributed by atoms with Crippen LogP contribution in [-0.4, -0.2) is 11.8 Å². The number of halogens is 2. The molecule has 0 aliphatic carbocycles. The summed E-state index contributed by atoms with van der Waals surface area (Å²) in [6, 6.07) is 13.7. The number of nitrogens with one attached hydrogen (secondary N) is 2. The van der Waals surface area contributed by atoms with E-state index in [2.05, 4.69) is 10.9 Å². The van der Waals surface area contributed by atoms with Gasteiger partial charge in [0.1, 0.15) is 0 Å². The molecule has 6 heteroatoms. The first-order chi connectivity index (χ1) is 10.6. The molecule has 2 N–H and O–H groups in total. The van der Waals surface area contributed by atoms with Crippen LogP contribution in [0.5, 0.6) is 0 Å². The minimum absolute atomic E-state index is 0.363. The maximum absolute atomic E-state index is 11.7. The lowest BCUT2D eigenvalue weighted by atomic mass is 10.2. The standard InChI is InChI=1S/C16H12Cl2N2O2/c17-13-8-4-7-11(15(13)18)9-10-14(21)19-20-16(22)12-5-2-1-3-6-12/h1-10H,(H,19,21)(H,20,22). The van der Waals surface area contributed by atoms with Gasteiger partial charge in [-0.25, -0.2) is 0 Å². The second kappa shape index (κ2) is 7.64. The van der Waals surface area contributed by atoms with Crippen molar-refractivity contribution in [1.29, 1.82) is 0 Å². The predicted octanol–water partition coefficient (Wildman–Crippen LogP) is 3.47. The number of benzene rings is 2. The SMILES string of the molecule is O=C(C=Cc1cccc(Cl)c1Cl)NNC(=O)c1ccccc1. The Morgan fingerprint density at radius 1 is 0.909 bits per heavy atom. The minimum atomic E-state index is -0.486. The monoisotopic (exact) mass is 334 g/mol. The van der Waals surface area contributed by atoms with Crippen LogP contribution in [0, 0.1) is 0 Å². The molecule has 112 valence electrons. The van der Waals surface area contributed by atoms with E-state index in [9.17, 15) is 9.59 Å². The molecule has 0 aliphatic rings. The van der Waals surface area contributed by atoms with Gasteiger partial charge in [-0.3, -0.25) is 20.4 Å². The highest BCUT2D eigenvalue weighted by Gasteiger charge is 2.05. The summed E-state index contributed by atoms with van der Waals surface area (Å²) in [5.74, 6) is -0.886. The van der Waals surface area contributed by atoms with Crippen molar-refractivity contribution in [2.24, 2.45) is 0 Å². The second-order valence-electron chi connectivity index (χ2n) is 4.29. The highest BCUT2D eigenvalue weighted by atomic mass is 35.5. The number of hydrogen-bond donors (Lipinski definition) is 2. The zero-order valence-electron chi connectivity index (χ0n) is 11.3. The first-order valence-electron chi connectivity index (χ1n) is 6.35. The molecule has 2 aromatic rings. The summed E-state index contributed by atoms with van der Waals surface area (Å²) in [5.41, 5.74) is 5.65. The Morgan fingerprint density at radius 2 is 1.64 bits per heavy atom. The van der Waals surface area contributed by atoms with Crippen LogP contribution in [0.25, 0.3) is 6.08 Å². The number of carbonyl (C=O) groups is 2. The molecule has 22 heavy (non-hydrogen) atoms. The van der Waals surface area contributed by atoms with Crippen LogP contribution < -0.4 is 10.9 Å². The van der Waals surface area contributed by atoms with Crippen molar-refractivity contribution in [3.63, 3.8) is 0 Å². The summed E-state index contributed by atoms with van der Waals surface area (Å²) >= 11 is 11.9. The number of carbonyl (C=O) groups excluding carboxylic acids is 2. The fourth-order valence-electron chi connectivity index (χ4n) is 1.64. The predicted molar refractivity (Wildman–Crippen MR) is 87.5 cm³/mol. The Labute approximate surface area is 137 Å². The van der Waals surface area contributed by atoms with Crippen LogP contribution in [0.4, 0.5) is 0 Å². The van der Waals surface area contributed by atoms with Crippen LogP contribution in [0.3, 0.4) is 0 Å². The first kappa shape index (κ1) is 16.1. The molecule has 2 amide bonds. The third-order valence-corrected chi connectivity index (χ3v) is 3.56. The summed E-state index contributed by atoms with van der Waals surface area (Å²) in [6.45, 7) is 0. The van der Waals surface area contributed by atoms with Crippen LogP contribution in [-0.2, 0) is 4.79 Å². The summed E-state index contributed by atoms with van der Waals surface area (Å²) in [5, 5.41) is 0.767. The molecule has 0 bridgehead atoms. The highest BCUT2D eigenvalue weighted by molar-refractivity contribution is 6.42. The molecule has 0 aromatic heterocycles. The van der Waals surface area contributed by atoms with Gasteiger partial charge in [-0.05, 0) is 29.8 Å². The van der Waals surface area contributed by atoms with Gasteiger partial charge in [-0.1, -0.05) is 53.5 Å². The van der Waals surface area contributed by atoms with E-state index < -0.39 is 11.8 Å². The zero-order valence-corrected chi connectivity index (χ0v) is 12.9. The molecule has 0 saturated heterocycles. The van der Waals surface area contributed by atoms with Gasteiger partial charge in [0.15, 0.2) is 0 Å². The van der Waals surface area contributed by atoms with Crippen LogP contribution in [0.2, 0.25) is 10.0 Å². The van der Waals surface area contributed by atoms with Crippen molar-refractivity contribution in [2.45, 2.75) is 0 Å². The van der Waals surface area contributed by atoms with E-state index in [-0.39, 0.29) is 0 Å². The average Bonchev–Trinajstić information content (AvgIpc) is 2.54. The van der Waals surface area contributed by atoms with Gasteiger partial charge in [0.05, 0.1) is 10.0 Å². The topological polar surface area (TPSA) is 58.2 Å². The Kier molecular flexibility index (Phi) is 5.58. The normalized spacial score (nSPS) is 10.5. The van der Waals surface area contributed by atoms with Gasteiger partial charge in [-0.15, -0.1) is 0 Å². The molecular formula is C16H12Cl2N2O2. The number of amides is 2. The minimum Gasteiger partial charge on any atom is -0.268 e. The van der Waals surface area contributed by atoms with Crippen molar-refractivity contribution < 1.29 is 9.59 Å². The van der Waals surface area contributed by atoms with Gasteiger partial charge in [0.2, 0.25) is 0 Å². The molecule has 0 radical (unpaired) electrons. The van der Waals surface area contributed by atoms with Crippen molar-refractivity contribution in [2.75, 3.05) is 0 Å². The van der Waals surface area contributed by atoms with Gasteiger partial charge >= 0.3 is 0 Å². The van der Waals surface area contributed by atoms with Crippen molar-refractivity contribution in [1.82, 2.24) is 10.9 Å². The van der Waals surface area contributed by atoms with Crippen molar-refractivity contribution in [3.05, 3.63) is 75.8 Å². The van der Waals surface area contributed by atoms with E-state index in [0.29, 0.717) is 21.2 Å². The molecule has 0 heterocycles. The number of rotatable bonds is 3. The van der Waals surface area contributed by atoms with E-state index in [1.54, 1.807) is 48.5 Å². The van der Waals surface area contributed by atoms with Gasteiger partial charge in [0.25, 0.3) is 11.8 Å². The van der Waals surface area contributed by atoms with Crippen LogP contribution in [0.15, 0.2) is 54.6 Å². The lowest BCUT2D eigenvalue weighted by molar-refractivity contribution is -0.117. The van der Waals surface area contributed by atoms with E-state index in [4.69, 9.17) is 23.2 Å². The summed E-state index contributed by atoms with van der Waals surface area (Å²) < 4.78 is 0. The van der Waals surface area contributed by atoms with Crippen molar-refractivity contribution in [3.8, 4) is 0 Å². The maximum Gasteiger partial charge on any atom is 0.269 e. The smallest absolute Gasteiger partial charge is 0.268 e. The molecule has 0 aliphatic heterocycles. The molecule has 4 nitrogen and oxygen atoms in total. The molecule has 2 aromatic carbocycles. The van der Waals surface area contributed by atoms with Gasteiger partial charge in [-0.2, -0.15) is 0 Å². The Balaban J connectivity index is 1.92. The van der Waals surface area contributed by atoms with E-state index in [0.717, 1.165) is 0 Å². The zero-order chi connectivity index (χ0) is 15.9. The third kappa shape index (κ3) is 4.35. The number of hydrazine groups is 1. The molecule has 0 saturated carbocycles. The lowest BCUT2D eigenvalue weighted by Gasteiger charge is -2.05. The summed E-state index contributed by atoms with van der Waals surface area (Å²) in [7, 11) is 0. The summed E-state index contributed by atoms with van der Waals surface area (Å²) in [6.07, 6.45) is 2.76. The molecule has 0 unspecified atom stereocenters. The molecule has 0 spiro atoms. The third-order valence-electron chi connectivity index (χ3n) is 2.73. The molecule has 2 rings (SSSR count). The first-order valence-corrected chi connectivity index (χ1v) is 7.11. The van der Waals surface area contributed by atoms with E-state index >= 15 is 0 Å². The summed E-state index contributed by atoms with van der Waals surface area (Å²) in [4.78, 5) is 23.4. The highest BCUT2D eigenvalue weighted by Crippen LogP contribution is 2.26. The Bertz CT molecular complexity index is 715. The van der Waals surface area contributed by atoms with Gasteiger partial charge in [0, 0.05) is 11.6 Å². The van der Waals surface area contributed by atoms with Crippen molar-refractivity contribution >= 4 is 41.1 Å². The lowest BCUT2D eigenvalue weighted by Crippen LogP contribution is -2.40. The Hall–Kier alpha value is -2.30. The number of hydrogen-bond acceptors (Lipinski definition) is 2. The maximum atomic E-state index is 11.7. The molecule has 0 atom stereocenters. The second-order valence-corrected chi connectivity index (χ2v) is 5.07. The van der Waals surface area contributed by atoms with Gasteiger partial charge < -0.3 is 0 Å². The van der Waals surface area contributed by atoms with Crippen LogP contribution in [0.1, 0.15) is 15.9 Å². The largest absolute Gasteiger partial charge is 0.269 e. The quantitative estimate of drug-likeness (QED) is 0.667. The fraction of sp³-hybridized carbons (Fsp3) is 0. The Morgan fingerprint density at radius 3 is 2.36 bits per heavy atom. The average molecular weight is 335 g/mol. The fourth-order valence-corrected chi connectivity index (χ4v) is 2.01. The van der Waals surface area contributed by atoms with E-state index in [1.165, 1.54) is 12.2 Å². The molecular weight excluding hydrogens is 323 g/mol. The van der Waals surface area contributed by atoms with E-state index in [1.807, 2.05) is 0 Å². The molecule has 0 fully saturated rings.